The molecule has 1 amide bonds. The molecule has 0 N–H and O–H groups in total. The van der Waals surface area contributed by atoms with Gasteiger partial charge >= 0.3 is 6.09 Å². The highest BCUT2D eigenvalue weighted by molar-refractivity contribution is 9.10. The number of ether oxygens (including phenoxy) is 1. The summed E-state index contributed by atoms with van der Waals surface area (Å²) in [5.74, 6) is 0. The summed E-state index contributed by atoms with van der Waals surface area (Å²) in [4.78, 5) is 17.8. The number of carbonyl (C=O) groups excluding carboxylic acids is 1. The molecule has 0 saturated carbocycles. The summed E-state index contributed by atoms with van der Waals surface area (Å²) in [6.45, 7) is 7.46. The van der Waals surface area contributed by atoms with Crippen LogP contribution in [0.2, 0.25) is 0 Å². The molecule has 0 radical (unpaired) electrons. The quantitative estimate of drug-likeness (QED) is 0.780. The smallest absolute Gasteiger partial charge is 0.410 e. The lowest BCUT2D eigenvalue weighted by Crippen LogP contribution is -2.36. The van der Waals surface area contributed by atoms with Crippen molar-refractivity contribution < 1.29 is 9.53 Å². The Bertz CT molecular complexity index is 429. The third-order valence-electron chi connectivity index (χ3n) is 2.43. The van der Waals surface area contributed by atoms with Crippen LogP contribution in [0, 0.1) is 0 Å². The van der Waals surface area contributed by atoms with Crippen molar-refractivity contribution in [3.8, 4) is 0 Å². The molecule has 100 valence electrons. The van der Waals surface area contributed by atoms with E-state index in [-0.39, 0.29) is 12.1 Å². The first kappa shape index (κ1) is 15.0. The van der Waals surface area contributed by atoms with Crippen LogP contribution in [0.25, 0.3) is 0 Å². The average Bonchev–Trinajstić information content (AvgIpc) is 2.24. The second-order valence-electron chi connectivity index (χ2n) is 5.15. The summed E-state index contributed by atoms with van der Waals surface area (Å²) >= 11 is 3.32. The maximum absolute atomic E-state index is 11.9. The van der Waals surface area contributed by atoms with Crippen LogP contribution < -0.4 is 0 Å². The number of halogens is 1. The second kappa shape index (κ2) is 5.69. The minimum absolute atomic E-state index is 0.141. The lowest BCUT2D eigenvalue weighted by Gasteiger charge is -2.28. The highest BCUT2D eigenvalue weighted by Crippen LogP contribution is 2.20. The molecule has 18 heavy (non-hydrogen) atoms. The molecule has 1 heterocycles. The molecular weight excluding hydrogens is 296 g/mol. The van der Waals surface area contributed by atoms with Gasteiger partial charge in [-0.2, -0.15) is 0 Å². The van der Waals surface area contributed by atoms with Gasteiger partial charge in [0, 0.05) is 7.05 Å². The molecule has 0 aliphatic carbocycles. The summed E-state index contributed by atoms with van der Waals surface area (Å²) < 4.78 is 6.07. The first-order valence-corrected chi connectivity index (χ1v) is 6.58. The van der Waals surface area contributed by atoms with Crippen LogP contribution in [0.5, 0.6) is 0 Å². The van der Waals surface area contributed by atoms with E-state index >= 15 is 0 Å². The van der Waals surface area contributed by atoms with E-state index in [0.717, 1.165) is 10.3 Å². The van der Waals surface area contributed by atoms with E-state index in [2.05, 4.69) is 20.9 Å². The van der Waals surface area contributed by atoms with Crippen LogP contribution >= 0.6 is 15.9 Å². The number of pyridine rings is 1. The van der Waals surface area contributed by atoms with Crippen molar-refractivity contribution in [3.63, 3.8) is 0 Å². The molecule has 1 atom stereocenters. The van der Waals surface area contributed by atoms with Gasteiger partial charge in [0.1, 0.15) is 10.2 Å². The van der Waals surface area contributed by atoms with Gasteiger partial charge in [0.15, 0.2) is 0 Å². The minimum Gasteiger partial charge on any atom is -0.444 e. The van der Waals surface area contributed by atoms with E-state index in [1.807, 2.05) is 45.9 Å². The molecule has 0 saturated heterocycles. The first-order chi connectivity index (χ1) is 8.20. The molecule has 0 aliphatic heterocycles. The molecule has 0 aliphatic rings. The number of carbonyl (C=O) groups is 1. The first-order valence-electron chi connectivity index (χ1n) is 5.79. The van der Waals surface area contributed by atoms with Gasteiger partial charge < -0.3 is 9.64 Å². The van der Waals surface area contributed by atoms with Crippen molar-refractivity contribution in [1.82, 2.24) is 9.88 Å². The third-order valence-corrected chi connectivity index (χ3v) is 2.87. The molecule has 0 unspecified atom stereocenters. The lowest BCUT2D eigenvalue weighted by atomic mass is 10.2. The Kier molecular flexibility index (Phi) is 4.73. The summed E-state index contributed by atoms with van der Waals surface area (Å²) in [6.07, 6.45) is -0.350. The predicted molar refractivity (Wildman–Crippen MR) is 74.3 cm³/mol. The second-order valence-corrected chi connectivity index (χ2v) is 5.96. The average molecular weight is 315 g/mol. The van der Waals surface area contributed by atoms with Crippen molar-refractivity contribution in [2.75, 3.05) is 7.05 Å². The van der Waals surface area contributed by atoms with Gasteiger partial charge in [-0.3, -0.25) is 0 Å². The largest absolute Gasteiger partial charge is 0.444 e. The lowest BCUT2D eigenvalue weighted by molar-refractivity contribution is 0.0230. The number of amides is 1. The van der Waals surface area contributed by atoms with Crippen LogP contribution in [0.1, 0.15) is 39.4 Å². The molecule has 0 fully saturated rings. The van der Waals surface area contributed by atoms with E-state index in [0.29, 0.717) is 0 Å². The predicted octanol–water partition coefficient (Wildman–Crippen LogP) is 3.77. The Morgan fingerprint density at radius 1 is 1.44 bits per heavy atom. The molecular formula is C13H19BrN2O2. The van der Waals surface area contributed by atoms with Gasteiger partial charge in [-0.1, -0.05) is 6.07 Å². The Labute approximate surface area is 116 Å². The fourth-order valence-electron chi connectivity index (χ4n) is 1.35. The monoisotopic (exact) mass is 314 g/mol. The molecule has 1 aromatic heterocycles. The van der Waals surface area contributed by atoms with Crippen molar-refractivity contribution >= 4 is 22.0 Å². The Morgan fingerprint density at radius 2 is 2.06 bits per heavy atom. The fourth-order valence-corrected chi connectivity index (χ4v) is 1.70. The van der Waals surface area contributed by atoms with E-state index in [4.69, 9.17) is 4.74 Å². The van der Waals surface area contributed by atoms with E-state index < -0.39 is 5.60 Å². The molecule has 0 aromatic carbocycles. The summed E-state index contributed by atoms with van der Waals surface area (Å²) in [5.41, 5.74) is 0.327. The Balaban J connectivity index is 2.78. The van der Waals surface area contributed by atoms with Crippen molar-refractivity contribution in [2.24, 2.45) is 0 Å². The number of rotatable bonds is 2. The van der Waals surface area contributed by atoms with Crippen molar-refractivity contribution in [3.05, 3.63) is 28.5 Å². The number of aromatic nitrogens is 1. The zero-order chi connectivity index (χ0) is 13.9. The summed E-state index contributed by atoms with van der Waals surface area (Å²) in [7, 11) is 1.71. The summed E-state index contributed by atoms with van der Waals surface area (Å²) in [5, 5.41) is 0. The standard InChI is InChI=1S/C13H19BrN2O2/c1-9(10-7-6-8-11(14)15-10)16(5)12(17)18-13(2,3)4/h6-9H,1-5H3/t9-/m1/s1. The van der Waals surface area contributed by atoms with Crippen molar-refractivity contribution in [2.45, 2.75) is 39.3 Å². The van der Waals surface area contributed by atoms with Gasteiger partial charge in [-0.15, -0.1) is 0 Å². The van der Waals surface area contributed by atoms with Crippen LogP contribution in [0.15, 0.2) is 22.8 Å². The number of nitrogens with zero attached hydrogens (tertiary/aromatic N) is 2. The van der Waals surface area contributed by atoms with E-state index in [1.165, 1.54) is 0 Å². The Morgan fingerprint density at radius 3 is 2.56 bits per heavy atom. The van der Waals surface area contributed by atoms with Crippen LogP contribution in [0.4, 0.5) is 4.79 Å². The van der Waals surface area contributed by atoms with Crippen molar-refractivity contribution in [1.29, 1.82) is 0 Å². The molecule has 1 rings (SSSR count). The molecule has 0 bridgehead atoms. The van der Waals surface area contributed by atoms with E-state index in [9.17, 15) is 4.79 Å². The zero-order valence-electron chi connectivity index (χ0n) is 11.4. The van der Waals surface area contributed by atoms with Gasteiger partial charge in [0.25, 0.3) is 0 Å². The third kappa shape index (κ3) is 4.29. The summed E-state index contributed by atoms with van der Waals surface area (Å²) in [6, 6.07) is 5.49. The molecule has 0 spiro atoms. The normalized spacial score (nSPS) is 13.0. The van der Waals surface area contributed by atoms with E-state index in [1.54, 1.807) is 11.9 Å². The minimum atomic E-state index is -0.490. The van der Waals surface area contributed by atoms with Crippen LogP contribution in [0.3, 0.4) is 0 Å². The molecule has 4 nitrogen and oxygen atoms in total. The number of hydrogen-bond donors (Lipinski definition) is 0. The Hall–Kier alpha value is -1.10. The molecule has 5 heteroatoms. The zero-order valence-corrected chi connectivity index (χ0v) is 13.0. The number of hydrogen-bond acceptors (Lipinski definition) is 3. The maximum atomic E-state index is 11.9. The molecule has 1 aromatic rings. The SMILES string of the molecule is C[C@H](c1cccc(Br)n1)N(C)C(=O)OC(C)(C)C. The van der Waals surface area contributed by atoms with Gasteiger partial charge in [-0.05, 0) is 55.8 Å². The van der Waals surface area contributed by atoms with Gasteiger partial charge in [0.2, 0.25) is 0 Å². The fraction of sp³-hybridized carbons (Fsp3) is 0.538. The highest BCUT2D eigenvalue weighted by Gasteiger charge is 2.24. The topological polar surface area (TPSA) is 42.4 Å². The highest BCUT2D eigenvalue weighted by atomic mass is 79.9. The maximum Gasteiger partial charge on any atom is 0.410 e. The van der Waals surface area contributed by atoms with Gasteiger partial charge in [-0.25, -0.2) is 9.78 Å². The van der Waals surface area contributed by atoms with Crippen LogP contribution in [-0.4, -0.2) is 28.6 Å². The van der Waals surface area contributed by atoms with Crippen LogP contribution in [-0.2, 0) is 4.74 Å². The van der Waals surface area contributed by atoms with Gasteiger partial charge in [0.05, 0.1) is 11.7 Å².